The van der Waals surface area contributed by atoms with Crippen LogP contribution in [0.25, 0.3) is 0 Å². The molecule has 1 N–H and O–H groups in total. The van der Waals surface area contributed by atoms with Crippen molar-refractivity contribution in [1.29, 1.82) is 0 Å². The molecule has 0 saturated carbocycles. The molecule has 0 saturated heterocycles. The number of hydrogen-bond donors (Lipinski definition) is 1. The molecule has 0 rings (SSSR count). The summed E-state index contributed by atoms with van der Waals surface area (Å²) in [6, 6.07) is 0.0241. The molecule has 0 aliphatic heterocycles. The summed E-state index contributed by atoms with van der Waals surface area (Å²) in [7, 11) is -3.18. The molecular formula is C9H20BrNO3S. The first-order chi connectivity index (χ1) is 7.05. The quantitative estimate of drug-likeness (QED) is 0.519. The third-order valence-corrected chi connectivity index (χ3v) is 3.85. The second-order valence-electron chi connectivity index (χ2n) is 3.22. The van der Waals surface area contributed by atoms with Crippen molar-refractivity contribution in [2.24, 2.45) is 0 Å². The van der Waals surface area contributed by atoms with E-state index < -0.39 is 10.0 Å². The average Bonchev–Trinajstić information content (AvgIpc) is 2.17. The zero-order valence-electron chi connectivity index (χ0n) is 9.33. The number of halogens is 1. The summed E-state index contributed by atoms with van der Waals surface area (Å²) < 4.78 is 30.8. The highest BCUT2D eigenvalue weighted by molar-refractivity contribution is 9.09. The fraction of sp³-hybridized carbons (Fsp3) is 1.00. The zero-order chi connectivity index (χ0) is 11.7. The Bertz CT molecular complexity index is 244. The lowest BCUT2D eigenvalue weighted by Crippen LogP contribution is -2.37. The highest BCUT2D eigenvalue weighted by atomic mass is 79.9. The van der Waals surface area contributed by atoms with E-state index in [9.17, 15) is 8.42 Å². The molecule has 1 unspecified atom stereocenters. The van der Waals surface area contributed by atoms with Crippen LogP contribution in [0.15, 0.2) is 0 Å². The van der Waals surface area contributed by atoms with Gasteiger partial charge in [-0.15, -0.1) is 0 Å². The Balaban J connectivity index is 3.99. The van der Waals surface area contributed by atoms with Gasteiger partial charge in [-0.2, -0.15) is 0 Å². The number of sulfonamides is 1. The maximum Gasteiger partial charge on any atom is 0.214 e. The summed E-state index contributed by atoms with van der Waals surface area (Å²) in [5, 5.41) is 0.805. The van der Waals surface area contributed by atoms with Gasteiger partial charge < -0.3 is 4.74 Å². The minimum Gasteiger partial charge on any atom is -0.381 e. The number of ether oxygens (including phenoxy) is 1. The molecule has 92 valence electrons. The number of rotatable bonds is 9. The summed E-state index contributed by atoms with van der Waals surface area (Å²) >= 11 is 3.30. The van der Waals surface area contributed by atoms with Crippen LogP contribution >= 0.6 is 15.9 Å². The van der Waals surface area contributed by atoms with Crippen LogP contribution in [-0.2, 0) is 14.8 Å². The smallest absolute Gasteiger partial charge is 0.214 e. The van der Waals surface area contributed by atoms with E-state index in [2.05, 4.69) is 20.7 Å². The lowest BCUT2D eigenvalue weighted by atomic mass is 10.2. The SMILES string of the molecule is CCOCCS(=O)(=O)NC(CC)CCBr. The number of nitrogens with one attached hydrogen (secondary N) is 1. The monoisotopic (exact) mass is 301 g/mol. The van der Waals surface area contributed by atoms with E-state index in [-0.39, 0.29) is 18.4 Å². The van der Waals surface area contributed by atoms with Crippen molar-refractivity contribution < 1.29 is 13.2 Å². The third kappa shape index (κ3) is 8.19. The fourth-order valence-electron chi connectivity index (χ4n) is 1.10. The van der Waals surface area contributed by atoms with E-state index in [0.717, 1.165) is 18.2 Å². The molecule has 0 fully saturated rings. The normalized spacial score (nSPS) is 14.1. The van der Waals surface area contributed by atoms with Crippen LogP contribution in [0.4, 0.5) is 0 Å². The Morgan fingerprint density at radius 3 is 2.53 bits per heavy atom. The molecule has 0 amide bonds. The van der Waals surface area contributed by atoms with Crippen LogP contribution in [-0.4, -0.2) is 38.8 Å². The van der Waals surface area contributed by atoms with E-state index in [0.29, 0.717) is 6.61 Å². The fourth-order valence-corrected chi connectivity index (χ4v) is 2.90. The molecule has 1 atom stereocenters. The number of alkyl halides is 1. The van der Waals surface area contributed by atoms with Crippen molar-refractivity contribution >= 4 is 26.0 Å². The maximum atomic E-state index is 11.5. The van der Waals surface area contributed by atoms with Crippen LogP contribution in [0.2, 0.25) is 0 Å². The molecule has 0 aliphatic carbocycles. The summed E-state index contributed by atoms with van der Waals surface area (Å²) in [5.74, 6) is 0.0413. The van der Waals surface area contributed by atoms with Crippen molar-refractivity contribution in [2.45, 2.75) is 32.7 Å². The van der Waals surface area contributed by atoms with Crippen LogP contribution in [0.3, 0.4) is 0 Å². The zero-order valence-corrected chi connectivity index (χ0v) is 11.7. The largest absolute Gasteiger partial charge is 0.381 e. The lowest BCUT2D eigenvalue weighted by Gasteiger charge is -2.15. The summed E-state index contributed by atoms with van der Waals surface area (Å²) in [6.45, 7) is 4.63. The third-order valence-electron chi connectivity index (χ3n) is 2.00. The van der Waals surface area contributed by atoms with Gasteiger partial charge in [-0.05, 0) is 19.8 Å². The molecule has 0 bridgehead atoms. The van der Waals surface area contributed by atoms with E-state index >= 15 is 0 Å². The Morgan fingerprint density at radius 2 is 2.07 bits per heavy atom. The molecule has 15 heavy (non-hydrogen) atoms. The molecule has 6 heteroatoms. The Labute approximate surface area is 101 Å². The minimum absolute atomic E-state index is 0.0241. The molecule has 0 spiro atoms. The van der Waals surface area contributed by atoms with Crippen molar-refractivity contribution in [3.63, 3.8) is 0 Å². The second-order valence-corrected chi connectivity index (χ2v) is 5.88. The highest BCUT2D eigenvalue weighted by Crippen LogP contribution is 2.02. The summed E-state index contributed by atoms with van der Waals surface area (Å²) in [5.41, 5.74) is 0. The van der Waals surface area contributed by atoms with Gasteiger partial charge in [0.25, 0.3) is 0 Å². The Morgan fingerprint density at radius 1 is 1.40 bits per heavy atom. The van der Waals surface area contributed by atoms with Crippen LogP contribution in [0.5, 0.6) is 0 Å². The van der Waals surface area contributed by atoms with E-state index in [1.54, 1.807) is 0 Å². The van der Waals surface area contributed by atoms with Gasteiger partial charge in [0.1, 0.15) is 0 Å². The molecule has 0 aromatic heterocycles. The predicted molar refractivity (Wildman–Crippen MR) is 65.9 cm³/mol. The topological polar surface area (TPSA) is 55.4 Å². The van der Waals surface area contributed by atoms with Crippen molar-refractivity contribution in [1.82, 2.24) is 4.72 Å². The molecule has 0 aliphatic rings. The standard InChI is InChI=1S/C9H20BrNO3S/c1-3-9(5-6-10)11-15(12,13)8-7-14-4-2/h9,11H,3-8H2,1-2H3. The Kier molecular flexibility index (Phi) is 8.69. The molecule has 0 heterocycles. The van der Waals surface area contributed by atoms with E-state index in [1.807, 2.05) is 13.8 Å². The predicted octanol–water partition coefficient (Wildman–Crippen LogP) is 1.51. The van der Waals surface area contributed by atoms with Crippen molar-refractivity contribution in [2.75, 3.05) is 24.3 Å². The van der Waals surface area contributed by atoms with Crippen LogP contribution < -0.4 is 4.72 Å². The molecule has 0 radical (unpaired) electrons. The summed E-state index contributed by atoms with van der Waals surface area (Å²) in [4.78, 5) is 0. The van der Waals surface area contributed by atoms with Gasteiger partial charge in [0.2, 0.25) is 10.0 Å². The van der Waals surface area contributed by atoms with Crippen molar-refractivity contribution in [3.8, 4) is 0 Å². The van der Waals surface area contributed by atoms with Gasteiger partial charge in [-0.3, -0.25) is 0 Å². The van der Waals surface area contributed by atoms with Crippen LogP contribution in [0, 0.1) is 0 Å². The van der Waals surface area contributed by atoms with Gasteiger partial charge in [-0.25, -0.2) is 13.1 Å². The molecule has 0 aromatic rings. The van der Waals surface area contributed by atoms with Crippen molar-refractivity contribution in [3.05, 3.63) is 0 Å². The highest BCUT2D eigenvalue weighted by Gasteiger charge is 2.15. The van der Waals surface area contributed by atoms with Gasteiger partial charge in [-0.1, -0.05) is 22.9 Å². The second kappa shape index (κ2) is 8.50. The van der Waals surface area contributed by atoms with Gasteiger partial charge >= 0.3 is 0 Å². The van der Waals surface area contributed by atoms with E-state index in [1.165, 1.54) is 0 Å². The molecule has 4 nitrogen and oxygen atoms in total. The summed E-state index contributed by atoms with van der Waals surface area (Å²) in [6.07, 6.45) is 1.61. The molecular weight excluding hydrogens is 282 g/mol. The van der Waals surface area contributed by atoms with Crippen LogP contribution in [0.1, 0.15) is 26.7 Å². The van der Waals surface area contributed by atoms with Gasteiger partial charge in [0.05, 0.1) is 12.4 Å². The van der Waals surface area contributed by atoms with Gasteiger partial charge in [0.15, 0.2) is 0 Å². The first-order valence-corrected chi connectivity index (χ1v) is 7.96. The van der Waals surface area contributed by atoms with Gasteiger partial charge in [0, 0.05) is 18.0 Å². The Hall–Kier alpha value is 0.350. The first kappa shape index (κ1) is 15.3. The molecule has 0 aromatic carbocycles. The average molecular weight is 302 g/mol. The maximum absolute atomic E-state index is 11.5. The first-order valence-electron chi connectivity index (χ1n) is 5.19. The van der Waals surface area contributed by atoms with E-state index in [4.69, 9.17) is 4.74 Å². The number of hydrogen-bond acceptors (Lipinski definition) is 3. The lowest BCUT2D eigenvalue weighted by molar-refractivity contribution is 0.163. The minimum atomic E-state index is -3.18.